The predicted octanol–water partition coefficient (Wildman–Crippen LogP) is 2.90. The Bertz CT molecular complexity index is 517. The normalized spacial score (nSPS) is 11.2. The number of hydrogen-bond acceptors (Lipinski definition) is 4. The van der Waals surface area contributed by atoms with E-state index in [1.54, 1.807) is 0 Å². The van der Waals surface area contributed by atoms with Crippen LogP contribution in [0.25, 0.3) is 0 Å². The Balaban J connectivity index is 1.81. The lowest BCUT2D eigenvalue weighted by molar-refractivity contribution is 0.369. The standard InChI is InChI=1S/C16H23N3O/c1-12(2)17-10-4-5-16-18-15(19-20-16)11-14-8-6-13(3)7-9-14/h6-9,12,17H,4-5,10-11H2,1-3H3. The van der Waals surface area contributed by atoms with Gasteiger partial charge in [-0.25, -0.2) is 0 Å². The van der Waals surface area contributed by atoms with Gasteiger partial charge in [0.15, 0.2) is 5.82 Å². The van der Waals surface area contributed by atoms with E-state index in [9.17, 15) is 0 Å². The summed E-state index contributed by atoms with van der Waals surface area (Å²) in [4.78, 5) is 4.44. The van der Waals surface area contributed by atoms with E-state index in [0.717, 1.165) is 37.5 Å². The maximum absolute atomic E-state index is 5.28. The highest BCUT2D eigenvalue weighted by molar-refractivity contribution is 5.23. The number of benzene rings is 1. The number of nitrogens with one attached hydrogen (secondary N) is 1. The first-order valence-corrected chi connectivity index (χ1v) is 7.24. The van der Waals surface area contributed by atoms with Crippen molar-refractivity contribution in [1.82, 2.24) is 15.5 Å². The van der Waals surface area contributed by atoms with Gasteiger partial charge in [0.1, 0.15) is 0 Å². The Hall–Kier alpha value is -1.68. The van der Waals surface area contributed by atoms with Gasteiger partial charge < -0.3 is 9.84 Å². The molecule has 108 valence electrons. The fraction of sp³-hybridized carbons (Fsp3) is 0.500. The molecule has 2 rings (SSSR count). The largest absolute Gasteiger partial charge is 0.339 e. The second-order valence-corrected chi connectivity index (χ2v) is 5.48. The van der Waals surface area contributed by atoms with Gasteiger partial charge in [-0.05, 0) is 25.5 Å². The number of hydrogen-bond donors (Lipinski definition) is 1. The van der Waals surface area contributed by atoms with Crippen molar-refractivity contribution in [2.24, 2.45) is 0 Å². The van der Waals surface area contributed by atoms with E-state index in [0.29, 0.717) is 6.04 Å². The molecule has 20 heavy (non-hydrogen) atoms. The number of aromatic nitrogens is 2. The number of nitrogens with zero attached hydrogens (tertiary/aromatic N) is 2. The van der Waals surface area contributed by atoms with E-state index in [2.05, 4.69) is 60.5 Å². The van der Waals surface area contributed by atoms with E-state index < -0.39 is 0 Å². The summed E-state index contributed by atoms with van der Waals surface area (Å²) in [7, 11) is 0. The van der Waals surface area contributed by atoms with Crippen molar-refractivity contribution >= 4 is 0 Å². The summed E-state index contributed by atoms with van der Waals surface area (Å²) in [5.74, 6) is 1.50. The molecule has 0 saturated carbocycles. The van der Waals surface area contributed by atoms with Gasteiger partial charge in [0, 0.05) is 18.9 Å². The lowest BCUT2D eigenvalue weighted by atomic mass is 10.1. The van der Waals surface area contributed by atoms with E-state index in [1.807, 2.05) is 0 Å². The van der Waals surface area contributed by atoms with Gasteiger partial charge in [-0.15, -0.1) is 0 Å². The van der Waals surface area contributed by atoms with Crippen molar-refractivity contribution < 1.29 is 4.52 Å². The fourth-order valence-corrected chi connectivity index (χ4v) is 1.98. The second kappa shape index (κ2) is 7.20. The van der Waals surface area contributed by atoms with Crippen LogP contribution in [0.4, 0.5) is 0 Å². The molecule has 0 bridgehead atoms. The molecule has 1 N–H and O–H groups in total. The zero-order valence-electron chi connectivity index (χ0n) is 12.5. The number of aryl methyl sites for hydroxylation is 2. The molecule has 0 atom stereocenters. The third kappa shape index (κ3) is 4.78. The first-order valence-electron chi connectivity index (χ1n) is 7.24. The molecule has 0 aliphatic rings. The van der Waals surface area contributed by atoms with Crippen molar-refractivity contribution in [3.8, 4) is 0 Å². The lowest BCUT2D eigenvalue weighted by Gasteiger charge is -2.05. The van der Waals surface area contributed by atoms with E-state index in [-0.39, 0.29) is 0 Å². The Morgan fingerprint density at radius 3 is 2.65 bits per heavy atom. The van der Waals surface area contributed by atoms with Crippen LogP contribution in [0.1, 0.15) is 43.1 Å². The third-order valence-electron chi connectivity index (χ3n) is 3.11. The average molecular weight is 273 g/mol. The quantitative estimate of drug-likeness (QED) is 0.788. The summed E-state index contributed by atoms with van der Waals surface area (Å²) in [5, 5.41) is 7.42. The third-order valence-corrected chi connectivity index (χ3v) is 3.11. The molecule has 1 aromatic carbocycles. The molecule has 0 aliphatic carbocycles. The highest BCUT2D eigenvalue weighted by Crippen LogP contribution is 2.09. The Morgan fingerprint density at radius 2 is 1.95 bits per heavy atom. The van der Waals surface area contributed by atoms with Crippen LogP contribution in [0.15, 0.2) is 28.8 Å². The molecule has 0 radical (unpaired) electrons. The summed E-state index contributed by atoms with van der Waals surface area (Å²) in [5.41, 5.74) is 2.48. The molecule has 0 aliphatic heterocycles. The molecule has 1 aromatic heterocycles. The minimum atomic E-state index is 0.523. The zero-order valence-corrected chi connectivity index (χ0v) is 12.5. The maximum atomic E-state index is 5.28. The van der Waals surface area contributed by atoms with Crippen LogP contribution < -0.4 is 5.32 Å². The number of rotatable bonds is 7. The molecular weight excluding hydrogens is 250 g/mol. The molecule has 0 fully saturated rings. The topological polar surface area (TPSA) is 51.0 Å². The van der Waals surface area contributed by atoms with Gasteiger partial charge in [0.25, 0.3) is 0 Å². The molecule has 0 saturated heterocycles. The highest BCUT2D eigenvalue weighted by Gasteiger charge is 2.07. The van der Waals surface area contributed by atoms with E-state index in [1.165, 1.54) is 11.1 Å². The van der Waals surface area contributed by atoms with Crippen LogP contribution in [0.3, 0.4) is 0 Å². The molecule has 4 heteroatoms. The van der Waals surface area contributed by atoms with Crippen molar-refractivity contribution in [2.75, 3.05) is 6.54 Å². The monoisotopic (exact) mass is 273 g/mol. The van der Waals surface area contributed by atoms with Crippen LogP contribution in [0.5, 0.6) is 0 Å². The van der Waals surface area contributed by atoms with Crippen LogP contribution in [-0.2, 0) is 12.8 Å². The SMILES string of the molecule is Cc1ccc(Cc2noc(CCCNC(C)C)n2)cc1. The van der Waals surface area contributed by atoms with Crippen molar-refractivity contribution in [3.05, 3.63) is 47.1 Å². The zero-order chi connectivity index (χ0) is 14.4. The van der Waals surface area contributed by atoms with Crippen LogP contribution in [0, 0.1) is 6.92 Å². The van der Waals surface area contributed by atoms with Crippen molar-refractivity contribution in [2.45, 2.75) is 46.1 Å². The molecule has 0 spiro atoms. The van der Waals surface area contributed by atoms with Crippen LogP contribution in [-0.4, -0.2) is 22.7 Å². The summed E-state index contributed by atoms with van der Waals surface area (Å²) in [6.45, 7) is 7.35. The molecule has 0 unspecified atom stereocenters. The van der Waals surface area contributed by atoms with Gasteiger partial charge in [0.05, 0.1) is 0 Å². The van der Waals surface area contributed by atoms with Crippen molar-refractivity contribution in [1.29, 1.82) is 0 Å². The minimum absolute atomic E-state index is 0.523. The van der Waals surface area contributed by atoms with Gasteiger partial charge >= 0.3 is 0 Å². The summed E-state index contributed by atoms with van der Waals surface area (Å²) in [6.07, 6.45) is 2.58. The van der Waals surface area contributed by atoms with Crippen LogP contribution >= 0.6 is 0 Å². The molecular formula is C16H23N3O. The molecule has 2 aromatic rings. The molecule has 1 heterocycles. The molecule has 0 amide bonds. The minimum Gasteiger partial charge on any atom is -0.339 e. The van der Waals surface area contributed by atoms with Gasteiger partial charge in [-0.1, -0.05) is 48.8 Å². The smallest absolute Gasteiger partial charge is 0.226 e. The Morgan fingerprint density at radius 1 is 1.20 bits per heavy atom. The summed E-state index contributed by atoms with van der Waals surface area (Å²) < 4.78 is 5.28. The first kappa shape index (κ1) is 14.7. The second-order valence-electron chi connectivity index (χ2n) is 5.48. The Kier molecular flexibility index (Phi) is 5.30. The Labute approximate surface area is 120 Å². The predicted molar refractivity (Wildman–Crippen MR) is 79.7 cm³/mol. The van der Waals surface area contributed by atoms with Gasteiger partial charge in [0.2, 0.25) is 5.89 Å². The van der Waals surface area contributed by atoms with Gasteiger partial charge in [-0.3, -0.25) is 0 Å². The van der Waals surface area contributed by atoms with Gasteiger partial charge in [-0.2, -0.15) is 4.98 Å². The fourth-order valence-electron chi connectivity index (χ4n) is 1.98. The maximum Gasteiger partial charge on any atom is 0.226 e. The lowest BCUT2D eigenvalue weighted by Crippen LogP contribution is -2.23. The average Bonchev–Trinajstić information content (AvgIpc) is 2.85. The van der Waals surface area contributed by atoms with E-state index >= 15 is 0 Å². The van der Waals surface area contributed by atoms with Crippen molar-refractivity contribution in [3.63, 3.8) is 0 Å². The van der Waals surface area contributed by atoms with Crippen LogP contribution in [0.2, 0.25) is 0 Å². The first-order chi connectivity index (χ1) is 9.63. The summed E-state index contributed by atoms with van der Waals surface area (Å²) >= 11 is 0. The van der Waals surface area contributed by atoms with E-state index in [4.69, 9.17) is 4.52 Å². The molecule has 4 nitrogen and oxygen atoms in total. The summed E-state index contributed by atoms with van der Waals surface area (Å²) in [6, 6.07) is 8.95. The highest BCUT2D eigenvalue weighted by atomic mass is 16.5.